The second kappa shape index (κ2) is 7.10. The highest BCUT2D eigenvalue weighted by Gasteiger charge is 2.04. The van der Waals surface area contributed by atoms with Gasteiger partial charge in [-0.15, -0.1) is 0 Å². The fourth-order valence-corrected chi connectivity index (χ4v) is 3.10. The first-order valence-corrected chi connectivity index (χ1v) is 8.37. The van der Waals surface area contributed by atoms with Crippen LogP contribution in [0.3, 0.4) is 0 Å². The molecule has 0 radical (unpaired) electrons. The molecule has 0 saturated heterocycles. The maximum absolute atomic E-state index is 12.1. The van der Waals surface area contributed by atoms with E-state index < -0.39 is 0 Å². The molecule has 3 rings (SSSR count). The number of pyridine rings is 1. The van der Waals surface area contributed by atoms with E-state index in [0.29, 0.717) is 10.7 Å². The lowest BCUT2D eigenvalue weighted by Crippen LogP contribution is -2.08. The Kier molecular flexibility index (Phi) is 4.93. The van der Waals surface area contributed by atoms with Crippen molar-refractivity contribution in [3.63, 3.8) is 0 Å². The molecule has 0 aliphatic carbocycles. The molecule has 1 aromatic heterocycles. The number of hydrogen-bond acceptors (Lipinski definition) is 2. The maximum Gasteiger partial charge on any atom is 0.248 e. The number of rotatable bonds is 3. The summed E-state index contributed by atoms with van der Waals surface area (Å²) in [4.78, 5) is 16.4. The lowest BCUT2D eigenvalue weighted by atomic mass is 10.1. The van der Waals surface area contributed by atoms with Crippen molar-refractivity contribution in [2.24, 2.45) is 0 Å². The normalized spacial score (nSPS) is 11.0. The number of nitrogens with zero attached hydrogens (tertiary/aromatic N) is 1. The molecule has 3 nitrogen and oxygen atoms in total. The first-order valence-electron chi connectivity index (χ1n) is 6.91. The maximum atomic E-state index is 12.1. The minimum absolute atomic E-state index is 0.235. The van der Waals surface area contributed by atoms with Gasteiger partial charge in [-0.2, -0.15) is 0 Å². The Bertz CT molecular complexity index is 903. The molecule has 23 heavy (non-hydrogen) atoms. The predicted octanol–water partition coefficient (Wildman–Crippen LogP) is 5.14. The van der Waals surface area contributed by atoms with Crippen LogP contribution in [0.5, 0.6) is 0 Å². The van der Waals surface area contributed by atoms with E-state index in [9.17, 15) is 4.79 Å². The number of halogens is 2. The summed E-state index contributed by atoms with van der Waals surface area (Å²) in [6, 6.07) is 15.2. The standard InChI is InChI=1S/C18H12ClIN2O/c19-15-11-14(20)7-8-16(15)22-17(23)9-6-13-4-1-3-12-5-2-10-21-18(12)13/h1-11H,(H,22,23)/b9-6+. The van der Waals surface area contributed by atoms with Crippen LogP contribution in [0, 0.1) is 3.57 Å². The van der Waals surface area contributed by atoms with Crippen LogP contribution in [-0.2, 0) is 4.79 Å². The van der Waals surface area contributed by atoms with E-state index in [0.717, 1.165) is 20.0 Å². The van der Waals surface area contributed by atoms with Crippen LogP contribution in [-0.4, -0.2) is 10.9 Å². The van der Waals surface area contributed by atoms with Crippen LogP contribution >= 0.6 is 34.2 Å². The number of fused-ring (bicyclic) bond motifs is 1. The molecule has 0 aliphatic rings. The van der Waals surface area contributed by atoms with E-state index in [4.69, 9.17) is 11.6 Å². The molecule has 1 heterocycles. The summed E-state index contributed by atoms with van der Waals surface area (Å²) < 4.78 is 1.02. The lowest BCUT2D eigenvalue weighted by molar-refractivity contribution is -0.111. The third-order valence-electron chi connectivity index (χ3n) is 3.27. The minimum Gasteiger partial charge on any atom is -0.321 e. The highest BCUT2D eigenvalue weighted by atomic mass is 127. The van der Waals surface area contributed by atoms with Gasteiger partial charge in [0.1, 0.15) is 0 Å². The molecular weight excluding hydrogens is 423 g/mol. The fraction of sp³-hybridized carbons (Fsp3) is 0. The molecule has 2 aromatic carbocycles. The molecule has 3 aromatic rings. The first kappa shape index (κ1) is 16.0. The van der Waals surface area contributed by atoms with Gasteiger partial charge in [0.25, 0.3) is 0 Å². The number of aromatic nitrogens is 1. The Morgan fingerprint density at radius 1 is 1.17 bits per heavy atom. The third kappa shape index (κ3) is 3.89. The summed E-state index contributed by atoms with van der Waals surface area (Å²) in [5.41, 5.74) is 2.36. The van der Waals surface area contributed by atoms with Gasteiger partial charge in [0.2, 0.25) is 5.91 Å². The Balaban J connectivity index is 1.80. The van der Waals surface area contributed by atoms with Gasteiger partial charge in [-0.25, -0.2) is 0 Å². The van der Waals surface area contributed by atoms with Crippen LogP contribution in [0.2, 0.25) is 5.02 Å². The van der Waals surface area contributed by atoms with E-state index in [-0.39, 0.29) is 5.91 Å². The topological polar surface area (TPSA) is 42.0 Å². The molecule has 1 amide bonds. The van der Waals surface area contributed by atoms with Crippen molar-refractivity contribution in [1.82, 2.24) is 4.98 Å². The lowest BCUT2D eigenvalue weighted by Gasteiger charge is -2.05. The SMILES string of the molecule is O=C(/C=C/c1cccc2cccnc12)Nc1ccc(I)cc1Cl. The number of amides is 1. The number of anilines is 1. The summed E-state index contributed by atoms with van der Waals surface area (Å²) >= 11 is 8.29. The molecular formula is C18H12ClIN2O. The quantitative estimate of drug-likeness (QED) is 0.458. The van der Waals surface area contributed by atoms with Gasteiger partial charge in [0.05, 0.1) is 16.2 Å². The second-order valence-corrected chi connectivity index (χ2v) is 6.52. The van der Waals surface area contributed by atoms with Crippen molar-refractivity contribution < 1.29 is 4.79 Å². The molecule has 0 saturated carbocycles. The van der Waals surface area contributed by atoms with Crippen molar-refractivity contribution in [2.45, 2.75) is 0 Å². The van der Waals surface area contributed by atoms with Crippen LogP contribution in [0.4, 0.5) is 5.69 Å². The fourth-order valence-electron chi connectivity index (χ4n) is 2.19. The van der Waals surface area contributed by atoms with Crippen LogP contribution in [0.15, 0.2) is 60.8 Å². The van der Waals surface area contributed by atoms with Crippen molar-refractivity contribution in [3.8, 4) is 0 Å². The average Bonchev–Trinajstić information content (AvgIpc) is 2.55. The summed E-state index contributed by atoms with van der Waals surface area (Å²) in [6.45, 7) is 0. The Labute approximate surface area is 152 Å². The first-order chi connectivity index (χ1) is 11.1. The molecule has 0 fully saturated rings. The van der Waals surface area contributed by atoms with Gasteiger partial charge in [-0.3, -0.25) is 9.78 Å². The second-order valence-electron chi connectivity index (χ2n) is 4.87. The van der Waals surface area contributed by atoms with Crippen molar-refractivity contribution >= 4 is 62.8 Å². The highest BCUT2D eigenvalue weighted by Crippen LogP contribution is 2.24. The smallest absolute Gasteiger partial charge is 0.248 e. The van der Waals surface area contributed by atoms with E-state index in [1.807, 2.05) is 36.4 Å². The Morgan fingerprint density at radius 2 is 2.00 bits per heavy atom. The van der Waals surface area contributed by atoms with Crippen LogP contribution in [0.1, 0.15) is 5.56 Å². The zero-order valence-corrected chi connectivity index (χ0v) is 14.9. The van der Waals surface area contributed by atoms with E-state index in [1.165, 1.54) is 6.08 Å². The average molecular weight is 435 g/mol. The number of para-hydroxylation sites is 1. The summed E-state index contributed by atoms with van der Waals surface area (Å²) in [5.74, 6) is -0.235. The van der Waals surface area contributed by atoms with Crippen molar-refractivity contribution in [3.05, 3.63) is 75.0 Å². The minimum atomic E-state index is -0.235. The molecule has 0 atom stereocenters. The van der Waals surface area contributed by atoms with Crippen LogP contribution in [0.25, 0.3) is 17.0 Å². The highest BCUT2D eigenvalue weighted by molar-refractivity contribution is 14.1. The Hall–Kier alpha value is -1.92. The summed E-state index contributed by atoms with van der Waals surface area (Å²) in [5, 5.41) is 4.33. The van der Waals surface area contributed by atoms with E-state index in [1.54, 1.807) is 24.4 Å². The van der Waals surface area contributed by atoms with Crippen LogP contribution < -0.4 is 5.32 Å². The molecule has 0 unspecified atom stereocenters. The molecule has 0 aliphatic heterocycles. The van der Waals surface area contributed by atoms with Gasteiger partial charge in [0.15, 0.2) is 0 Å². The van der Waals surface area contributed by atoms with E-state index >= 15 is 0 Å². The van der Waals surface area contributed by atoms with Gasteiger partial charge in [-0.1, -0.05) is 35.9 Å². The predicted molar refractivity (Wildman–Crippen MR) is 104 cm³/mol. The Morgan fingerprint density at radius 3 is 2.83 bits per heavy atom. The number of nitrogens with one attached hydrogen (secondary N) is 1. The number of carbonyl (C=O) groups is 1. The zero-order valence-electron chi connectivity index (χ0n) is 12.0. The van der Waals surface area contributed by atoms with Gasteiger partial charge in [0, 0.05) is 26.8 Å². The molecule has 1 N–H and O–H groups in total. The summed E-state index contributed by atoms with van der Waals surface area (Å²) in [7, 11) is 0. The zero-order chi connectivity index (χ0) is 16.2. The van der Waals surface area contributed by atoms with E-state index in [2.05, 4.69) is 32.9 Å². The summed E-state index contributed by atoms with van der Waals surface area (Å²) in [6.07, 6.45) is 4.98. The molecule has 0 bridgehead atoms. The monoisotopic (exact) mass is 434 g/mol. The van der Waals surface area contributed by atoms with Gasteiger partial charge < -0.3 is 5.32 Å². The largest absolute Gasteiger partial charge is 0.321 e. The molecule has 0 spiro atoms. The van der Waals surface area contributed by atoms with Gasteiger partial charge >= 0.3 is 0 Å². The molecule has 5 heteroatoms. The van der Waals surface area contributed by atoms with Gasteiger partial charge in [-0.05, 0) is 52.9 Å². The van der Waals surface area contributed by atoms with Crippen molar-refractivity contribution in [2.75, 3.05) is 5.32 Å². The number of hydrogen-bond donors (Lipinski definition) is 1. The molecule has 114 valence electrons. The van der Waals surface area contributed by atoms with Crippen molar-refractivity contribution in [1.29, 1.82) is 0 Å². The third-order valence-corrected chi connectivity index (χ3v) is 4.25. The number of benzene rings is 2. The number of carbonyl (C=O) groups excluding carboxylic acids is 1.